The van der Waals surface area contributed by atoms with Crippen molar-refractivity contribution < 1.29 is 36.3 Å². The number of thiophene rings is 1. The van der Waals surface area contributed by atoms with E-state index < -0.39 is 28.2 Å². The number of carbonyl (C=O) groups excluding carboxylic acids is 1. The highest BCUT2D eigenvalue weighted by molar-refractivity contribution is 7.91. The molecule has 3 heterocycles. The van der Waals surface area contributed by atoms with Gasteiger partial charge in [0.2, 0.25) is 5.91 Å². The number of benzene rings is 2. The van der Waals surface area contributed by atoms with Gasteiger partial charge >= 0.3 is 12.1 Å². The van der Waals surface area contributed by atoms with Gasteiger partial charge in [0.05, 0.1) is 5.52 Å². The summed E-state index contributed by atoms with van der Waals surface area (Å²) >= 11 is 7.13. The second-order valence-corrected chi connectivity index (χ2v) is 11.8. The van der Waals surface area contributed by atoms with E-state index in [0.29, 0.717) is 35.9 Å². The van der Waals surface area contributed by atoms with Crippen molar-refractivity contribution in [3.05, 3.63) is 59.4 Å². The van der Waals surface area contributed by atoms with Crippen molar-refractivity contribution in [1.29, 1.82) is 0 Å². The molecule has 10 nitrogen and oxygen atoms in total. The van der Waals surface area contributed by atoms with Crippen LogP contribution in [0.4, 0.5) is 19.0 Å². The molecular formula is C23H19ClF3N5O5S2. The highest BCUT2D eigenvalue weighted by Crippen LogP contribution is 2.31. The predicted molar refractivity (Wildman–Crippen MR) is 139 cm³/mol. The topological polar surface area (TPSA) is 156 Å². The van der Waals surface area contributed by atoms with Crippen LogP contribution in [-0.2, 0) is 26.2 Å². The van der Waals surface area contributed by atoms with Crippen molar-refractivity contribution in [2.75, 3.05) is 12.3 Å². The van der Waals surface area contributed by atoms with Crippen molar-refractivity contribution in [2.24, 2.45) is 0 Å². The Kier molecular flexibility index (Phi) is 7.97. The molecule has 2 aromatic carbocycles. The van der Waals surface area contributed by atoms with E-state index >= 15 is 0 Å². The molecule has 5 rings (SSSR count). The Bertz CT molecular complexity index is 1680. The number of hydrogen-bond acceptors (Lipinski definition) is 8. The number of carboxylic acids is 1. The number of nitrogen functional groups attached to an aromatic ring is 1. The van der Waals surface area contributed by atoms with E-state index in [2.05, 4.69) is 14.7 Å². The molecule has 2 aromatic heterocycles. The first-order valence-corrected chi connectivity index (χ1v) is 13.7. The van der Waals surface area contributed by atoms with Crippen molar-refractivity contribution in [3.63, 3.8) is 0 Å². The number of carbonyl (C=O) groups is 2. The Hall–Kier alpha value is -3.53. The third-order valence-corrected chi connectivity index (χ3v) is 8.95. The van der Waals surface area contributed by atoms with Gasteiger partial charge in [-0.15, -0.1) is 11.3 Å². The number of nitrogens with two attached hydrogens (primary N) is 1. The van der Waals surface area contributed by atoms with E-state index in [1.807, 2.05) is 18.2 Å². The molecule has 0 radical (unpaired) electrons. The van der Waals surface area contributed by atoms with Crippen molar-refractivity contribution in [1.82, 2.24) is 19.6 Å². The maximum absolute atomic E-state index is 12.9. The number of carboxylic acid groups (broad SMARTS) is 1. The molecule has 1 aliphatic heterocycles. The van der Waals surface area contributed by atoms with E-state index in [-0.39, 0.29) is 10.1 Å². The fraction of sp³-hybridized carbons (Fsp3) is 0.217. The minimum atomic E-state index is -5.08. The van der Waals surface area contributed by atoms with Gasteiger partial charge in [0.15, 0.2) is 0 Å². The molecule has 1 amide bonds. The molecule has 1 saturated heterocycles. The first-order chi connectivity index (χ1) is 18.2. The maximum atomic E-state index is 12.9. The van der Waals surface area contributed by atoms with Gasteiger partial charge in [-0.25, -0.2) is 23.2 Å². The third-order valence-electron chi connectivity index (χ3n) is 5.67. The van der Waals surface area contributed by atoms with Gasteiger partial charge in [0, 0.05) is 28.2 Å². The number of alkyl halides is 3. The number of sulfonamides is 1. The molecule has 4 aromatic rings. The number of rotatable bonds is 5. The second kappa shape index (κ2) is 10.9. The summed E-state index contributed by atoms with van der Waals surface area (Å²) in [5.41, 5.74) is 7.44. The van der Waals surface area contributed by atoms with Crippen LogP contribution in [0.15, 0.2) is 53.0 Å². The lowest BCUT2D eigenvalue weighted by atomic mass is 10.1. The fourth-order valence-corrected chi connectivity index (χ4v) is 6.72. The van der Waals surface area contributed by atoms with Gasteiger partial charge < -0.3 is 15.7 Å². The Morgan fingerprint density at radius 2 is 1.92 bits per heavy atom. The Morgan fingerprint density at radius 3 is 2.62 bits per heavy atom. The summed E-state index contributed by atoms with van der Waals surface area (Å²) in [6.07, 6.45) is -3.29. The van der Waals surface area contributed by atoms with Crippen LogP contribution in [-0.4, -0.2) is 59.0 Å². The molecule has 39 heavy (non-hydrogen) atoms. The number of fused-ring (bicyclic) bond motifs is 2. The molecule has 0 bridgehead atoms. The summed E-state index contributed by atoms with van der Waals surface area (Å²) in [5.74, 6) is -2.61. The van der Waals surface area contributed by atoms with Crippen LogP contribution >= 0.6 is 22.9 Å². The SMILES string of the molecule is Nc1ncnc2cc(CN3CC[C@H](NS(=O)(=O)c4cc5ccc(Cl)cc5s4)C3=O)ccc12.O=C(O)C(F)(F)F. The summed E-state index contributed by atoms with van der Waals surface area (Å²) in [7, 11) is -3.83. The van der Waals surface area contributed by atoms with Crippen LogP contribution in [0.2, 0.25) is 5.02 Å². The van der Waals surface area contributed by atoms with Gasteiger partial charge in [-0.05, 0) is 47.7 Å². The first-order valence-electron chi connectivity index (χ1n) is 11.0. The Labute approximate surface area is 228 Å². The van der Waals surface area contributed by atoms with Gasteiger partial charge in [-0.3, -0.25) is 4.79 Å². The summed E-state index contributed by atoms with van der Waals surface area (Å²) < 4.78 is 61.0. The number of aromatic nitrogens is 2. The number of likely N-dealkylation sites (tertiary alicyclic amines) is 1. The predicted octanol–water partition coefficient (Wildman–Crippen LogP) is 3.79. The fourth-order valence-electron chi connectivity index (χ4n) is 3.81. The largest absolute Gasteiger partial charge is 0.490 e. The van der Waals surface area contributed by atoms with Crippen LogP contribution in [0, 0.1) is 0 Å². The van der Waals surface area contributed by atoms with Gasteiger partial charge in [-0.1, -0.05) is 23.7 Å². The van der Waals surface area contributed by atoms with Crippen molar-refractivity contribution in [3.8, 4) is 0 Å². The van der Waals surface area contributed by atoms with Crippen molar-refractivity contribution in [2.45, 2.75) is 29.4 Å². The highest BCUT2D eigenvalue weighted by Gasteiger charge is 2.38. The molecular weight excluding hydrogens is 583 g/mol. The standard InChI is InChI=1S/C21H18ClN5O3S2.C2HF3O2/c22-14-3-2-13-8-19(31-18(13)9-14)32(29,30)26-16-5-6-27(21(16)28)10-12-1-4-15-17(7-12)24-11-25-20(15)23;3-2(4,5)1(6)7/h1-4,7-9,11,16,26H,5-6,10H2,(H2,23,24,25);(H,6,7)/t16-;/m0./s1. The Morgan fingerprint density at radius 1 is 1.21 bits per heavy atom. The molecule has 4 N–H and O–H groups in total. The third kappa shape index (κ3) is 6.55. The maximum Gasteiger partial charge on any atom is 0.490 e. The zero-order valence-corrected chi connectivity index (χ0v) is 22.0. The second-order valence-electron chi connectivity index (χ2n) is 8.38. The van der Waals surface area contributed by atoms with Crippen LogP contribution in [0.5, 0.6) is 0 Å². The lowest BCUT2D eigenvalue weighted by Crippen LogP contribution is -2.41. The number of amides is 1. The zero-order chi connectivity index (χ0) is 28.5. The molecule has 0 aliphatic carbocycles. The Balaban J connectivity index is 0.000000448. The summed E-state index contributed by atoms with van der Waals surface area (Å²) in [6.45, 7) is 0.816. The summed E-state index contributed by atoms with van der Waals surface area (Å²) in [5, 5.41) is 9.21. The average molecular weight is 602 g/mol. The van der Waals surface area contributed by atoms with E-state index in [1.165, 1.54) is 6.33 Å². The lowest BCUT2D eigenvalue weighted by Gasteiger charge is -2.17. The number of anilines is 1. The molecule has 206 valence electrons. The van der Waals surface area contributed by atoms with Gasteiger partial charge in [-0.2, -0.15) is 17.9 Å². The monoisotopic (exact) mass is 601 g/mol. The zero-order valence-electron chi connectivity index (χ0n) is 19.6. The number of aliphatic carboxylic acids is 1. The molecule has 0 saturated carbocycles. The van der Waals surface area contributed by atoms with Gasteiger partial charge in [0.1, 0.15) is 22.4 Å². The number of hydrogen-bond donors (Lipinski definition) is 3. The smallest absolute Gasteiger partial charge is 0.475 e. The number of halogens is 4. The average Bonchev–Trinajstić information content (AvgIpc) is 3.43. The van der Waals surface area contributed by atoms with Crippen LogP contribution < -0.4 is 10.5 Å². The molecule has 16 heteroatoms. The van der Waals surface area contributed by atoms with E-state index in [0.717, 1.165) is 32.4 Å². The molecule has 1 aliphatic rings. The quantitative estimate of drug-likeness (QED) is 0.312. The highest BCUT2D eigenvalue weighted by atomic mass is 35.5. The van der Waals surface area contributed by atoms with E-state index in [1.54, 1.807) is 29.2 Å². The molecule has 1 atom stereocenters. The van der Waals surface area contributed by atoms with Crippen molar-refractivity contribution >= 4 is 71.6 Å². The van der Waals surface area contributed by atoms with Gasteiger partial charge in [0.25, 0.3) is 10.0 Å². The minimum absolute atomic E-state index is 0.160. The van der Waals surface area contributed by atoms with Crippen LogP contribution in [0.1, 0.15) is 12.0 Å². The van der Waals surface area contributed by atoms with Crippen LogP contribution in [0.25, 0.3) is 21.0 Å². The number of nitrogens with one attached hydrogen (secondary N) is 1. The van der Waals surface area contributed by atoms with E-state index in [9.17, 15) is 26.4 Å². The van der Waals surface area contributed by atoms with Crippen LogP contribution in [0.3, 0.4) is 0 Å². The molecule has 0 unspecified atom stereocenters. The molecule has 0 spiro atoms. The molecule has 1 fully saturated rings. The number of nitrogens with zero attached hydrogens (tertiary/aromatic N) is 3. The minimum Gasteiger partial charge on any atom is -0.475 e. The van der Waals surface area contributed by atoms with E-state index in [4.69, 9.17) is 27.2 Å². The summed E-state index contributed by atoms with van der Waals surface area (Å²) in [4.78, 5) is 31.6. The first kappa shape index (κ1) is 28.5. The normalized spacial score (nSPS) is 15.9. The summed E-state index contributed by atoms with van der Waals surface area (Å²) in [6, 6.07) is 11.6. The lowest BCUT2D eigenvalue weighted by molar-refractivity contribution is -0.192.